The Bertz CT molecular complexity index is 1140. The summed E-state index contributed by atoms with van der Waals surface area (Å²) < 4.78 is 0. The standard InChI is InChI=1S/C18H14ClN5O/c1-9-3-4-12(21-9)16-15(11-7-10(2)22-14(19)8-11)23-17-13(25)5-6-20-18(17)24-16/h3-8,21H,1-2H3,(H,20,24,25). The molecular formula is C18H14ClN5O. The average molecular weight is 352 g/mol. The average Bonchev–Trinajstić information content (AvgIpc) is 2.99. The highest BCUT2D eigenvalue weighted by Gasteiger charge is 2.16. The second-order valence-corrected chi connectivity index (χ2v) is 6.22. The Hall–Kier alpha value is -2.99. The molecule has 0 fully saturated rings. The summed E-state index contributed by atoms with van der Waals surface area (Å²) in [6, 6.07) is 8.93. The molecule has 0 saturated heterocycles. The highest BCUT2D eigenvalue weighted by molar-refractivity contribution is 6.29. The zero-order valence-electron chi connectivity index (χ0n) is 13.6. The van der Waals surface area contributed by atoms with Gasteiger partial charge < -0.3 is 9.97 Å². The summed E-state index contributed by atoms with van der Waals surface area (Å²) in [5, 5.41) is 0.368. The number of aromatic nitrogens is 5. The summed E-state index contributed by atoms with van der Waals surface area (Å²) in [6.07, 6.45) is 1.57. The molecule has 4 heterocycles. The van der Waals surface area contributed by atoms with Gasteiger partial charge in [0, 0.05) is 29.2 Å². The fourth-order valence-electron chi connectivity index (χ4n) is 2.78. The van der Waals surface area contributed by atoms with Crippen molar-refractivity contribution in [3.05, 3.63) is 63.3 Å². The molecule has 4 aromatic rings. The molecule has 0 unspecified atom stereocenters. The van der Waals surface area contributed by atoms with Gasteiger partial charge in [0.2, 0.25) is 5.43 Å². The molecule has 0 amide bonds. The van der Waals surface area contributed by atoms with Gasteiger partial charge in [-0.3, -0.25) is 4.79 Å². The molecule has 0 aliphatic heterocycles. The molecule has 6 nitrogen and oxygen atoms in total. The van der Waals surface area contributed by atoms with E-state index in [1.165, 1.54) is 6.07 Å². The van der Waals surface area contributed by atoms with Crippen LogP contribution in [0.2, 0.25) is 5.15 Å². The number of rotatable bonds is 2. The maximum absolute atomic E-state index is 12.2. The summed E-state index contributed by atoms with van der Waals surface area (Å²) in [6.45, 7) is 3.82. The number of nitrogens with one attached hydrogen (secondary N) is 2. The molecule has 0 radical (unpaired) electrons. The Labute approximate surface area is 148 Å². The zero-order valence-corrected chi connectivity index (χ0v) is 14.3. The molecule has 0 saturated carbocycles. The summed E-state index contributed by atoms with van der Waals surface area (Å²) in [7, 11) is 0. The minimum absolute atomic E-state index is 0.186. The van der Waals surface area contributed by atoms with Crippen LogP contribution in [0.25, 0.3) is 33.8 Å². The Balaban J connectivity index is 2.09. The molecule has 0 aromatic carbocycles. The third kappa shape index (κ3) is 2.81. The van der Waals surface area contributed by atoms with E-state index in [1.807, 2.05) is 32.0 Å². The van der Waals surface area contributed by atoms with Gasteiger partial charge in [-0.1, -0.05) is 11.6 Å². The Morgan fingerprint density at radius 2 is 1.84 bits per heavy atom. The lowest BCUT2D eigenvalue weighted by molar-refractivity contribution is 1.17. The third-order valence-electron chi connectivity index (χ3n) is 3.87. The molecular weight excluding hydrogens is 338 g/mol. The van der Waals surface area contributed by atoms with Gasteiger partial charge >= 0.3 is 0 Å². The quantitative estimate of drug-likeness (QED) is 0.540. The Kier molecular flexibility index (Phi) is 3.62. The van der Waals surface area contributed by atoms with Crippen LogP contribution in [0.1, 0.15) is 11.4 Å². The molecule has 25 heavy (non-hydrogen) atoms. The summed E-state index contributed by atoms with van der Waals surface area (Å²) >= 11 is 6.12. The monoisotopic (exact) mass is 351 g/mol. The van der Waals surface area contributed by atoms with E-state index in [4.69, 9.17) is 11.6 Å². The van der Waals surface area contributed by atoms with E-state index >= 15 is 0 Å². The topological polar surface area (TPSA) is 87.3 Å². The van der Waals surface area contributed by atoms with Gasteiger partial charge in [0.1, 0.15) is 10.8 Å². The van der Waals surface area contributed by atoms with Crippen molar-refractivity contribution < 1.29 is 0 Å². The molecule has 124 valence electrons. The second kappa shape index (κ2) is 5.82. The maximum atomic E-state index is 12.2. The zero-order chi connectivity index (χ0) is 17.6. The van der Waals surface area contributed by atoms with E-state index in [9.17, 15) is 4.79 Å². The van der Waals surface area contributed by atoms with Crippen LogP contribution >= 0.6 is 11.6 Å². The van der Waals surface area contributed by atoms with Gasteiger partial charge in [-0.05, 0) is 38.1 Å². The number of fused-ring (bicyclic) bond motifs is 1. The molecule has 0 bridgehead atoms. The maximum Gasteiger partial charge on any atom is 0.209 e. The third-order valence-corrected chi connectivity index (χ3v) is 4.06. The van der Waals surface area contributed by atoms with E-state index < -0.39 is 0 Å². The number of hydrogen-bond donors (Lipinski definition) is 2. The molecule has 2 N–H and O–H groups in total. The van der Waals surface area contributed by atoms with Gasteiger partial charge in [-0.15, -0.1) is 0 Å². The first kappa shape index (κ1) is 15.5. The molecule has 4 aromatic heterocycles. The number of H-pyrrole nitrogens is 2. The van der Waals surface area contributed by atoms with Crippen molar-refractivity contribution in [2.24, 2.45) is 0 Å². The van der Waals surface area contributed by atoms with E-state index in [0.29, 0.717) is 22.2 Å². The first-order valence-corrected chi connectivity index (χ1v) is 8.09. The van der Waals surface area contributed by atoms with Crippen LogP contribution in [-0.2, 0) is 0 Å². The highest BCUT2D eigenvalue weighted by atomic mass is 35.5. The number of nitrogens with zero attached hydrogens (tertiary/aromatic N) is 3. The fourth-order valence-corrected chi connectivity index (χ4v) is 3.03. The van der Waals surface area contributed by atoms with Crippen LogP contribution in [0.15, 0.2) is 41.3 Å². The first-order valence-electron chi connectivity index (χ1n) is 7.71. The lowest BCUT2D eigenvalue weighted by Gasteiger charge is -2.10. The number of aryl methyl sites for hydroxylation is 2. The van der Waals surface area contributed by atoms with Crippen LogP contribution in [-0.4, -0.2) is 24.9 Å². The smallest absolute Gasteiger partial charge is 0.209 e. The molecule has 0 spiro atoms. The van der Waals surface area contributed by atoms with E-state index in [0.717, 1.165) is 22.6 Å². The van der Waals surface area contributed by atoms with Gasteiger partial charge in [0.25, 0.3) is 0 Å². The van der Waals surface area contributed by atoms with Crippen LogP contribution in [0, 0.1) is 13.8 Å². The minimum atomic E-state index is -0.186. The largest absolute Gasteiger partial charge is 0.357 e. The van der Waals surface area contributed by atoms with E-state index in [2.05, 4.69) is 24.9 Å². The SMILES string of the molecule is Cc1cc(-c2nc3c(=O)cc[nH]c3nc2-c2ccc(C)[nH]2)cc(Cl)n1. The summed E-state index contributed by atoms with van der Waals surface area (Å²) in [5.41, 5.74) is 5.12. The van der Waals surface area contributed by atoms with Crippen molar-refractivity contribution in [2.45, 2.75) is 13.8 Å². The van der Waals surface area contributed by atoms with Crippen molar-refractivity contribution >= 4 is 22.8 Å². The van der Waals surface area contributed by atoms with Crippen molar-refractivity contribution in [3.8, 4) is 22.6 Å². The van der Waals surface area contributed by atoms with Gasteiger partial charge in [-0.2, -0.15) is 0 Å². The molecule has 0 aliphatic carbocycles. The second-order valence-electron chi connectivity index (χ2n) is 5.83. The highest BCUT2D eigenvalue weighted by Crippen LogP contribution is 2.30. The van der Waals surface area contributed by atoms with Crippen LogP contribution in [0.4, 0.5) is 0 Å². The summed E-state index contributed by atoms with van der Waals surface area (Å²) in [4.78, 5) is 31.9. The molecule has 4 rings (SSSR count). The van der Waals surface area contributed by atoms with Crippen molar-refractivity contribution in [2.75, 3.05) is 0 Å². The van der Waals surface area contributed by atoms with Crippen LogP contribution in [0.3, 0.4) is 0 Å². The first-order chi connectivity index (χ1) is 12.0. The lowest BCUT2D eigenvalue weighted by Crippen LogP contribution is -2.07. The minimum Gasteiger partial charge on any atom is -0.357 e. The Morgan fingerprint density at radius 3 is 2.56 bits per heavy atom. The number of aromatic amines is 2. The lowest BCUT2D eigenvalue weighted by atomic mass is 10.1. The number of hydrogen-bond acceptors (Lipinski definition) is 4. The van der Waals surface area contributed by atoms with Gasteiger partial charge in [0.15, 0.2) is 11.2 Å². The molecule has 7 heteroatoms. The summed E-state index contributed by atoms with van der Waals surface area (Å²) in [5.74, 6) is 0. The fraction of sp³-hybridized carbons (Fsp3) is 0.111. The predicted molar refractivity (Wildman–Crippen MR) is 97.7 cm³/mol. The van der Waals surface area contributed by atoms with Gasteiger partial charge in [-0.25, -0.2) is 15.0 Å². The van der Waals surface area contributed by atoms with E-state index in [-0.39, 0.29) is 10.9 Å². The number of halogens is 1. The molecule has 0 aliphatic rings. The van der Waals surface area contributed by atoms with Gasteiger partial charge in [0.05, 0.1) is 11.4 Å². The van der Waals surface area contributed by atoms with Crippen LogP contribution < -0.4 is 5.43 Å². The normalized spacial score (nSPS) is 11.2. The van der Waals surface area contributed by atoms with Crippen LogP contribution in [0.5, 0.6) is 0 Å². The Morgan fingerprint density at radius 1 is 1.00 bits per heavy atom. The van der Waals surface area contributed by atoms with Crippen molar-refractivity contribution in [1.82, 2.24) is 24.9 Å². The number of pyridine rings is 2. The van der Waals surface area contributed by atoms with E-state index in [1.54, 1.807) is 12.3 Å². The predicted octanol–water partition coefficient (Wildman–Crippen LogP) is 3.65. The van der Waals surface area contributed by atoms with Crippen molar-refractivity contribution in [1.29, 1.82) is 0 Å². The molecule has 0 atom stereocenters. The van der Waals surface area contributed by atoms with Crippen molar-refractivity contribution in [3.63, 3.8) is 0 Å².